The molecule has 1 aliphatic carbocycles. The van der Waals surface area contributed by atoms with Crippen molar-refractivity contribution in [3.63, 3.8) is 0 Å². The Bertz CT molecular complexity index is 999. The van der Waals surface area contributed by atoms with Gasteiger partial charge in [-0.05, 0) is 68.2 Å². The lowest BCUT2D eigenvalue weighted by Gasteiger charge is -2.31. The van der Waals surface area contributed by atoms with Crippen molar-refractivity contribution in [2.75, 3.05) is 6.54 Å². The third-order valence-corrected chi connectivity index (χ3v) is 7.03. The molecule has 4 rings (SSSR count). The molecule has 2 atom stereocenters. The molecule has 0 bridgehead atoms. The van der Waals surface area contributed by atoms with E-state index in [1.54, 1.807) is 11.3 Å². The van der Waals surface area contributed by atoms with Crippen LogP contribution < -0.4 is 10.6 Å². The summed E-state index contributed by atoms with van der Waals surface area (Å²) in [7, 11) is 0. The topological polar surface area (TPSA) is 78.5 Å². The second-order valence-corrected chi connectivity index (χ2v) is 8.97. The number of nitrogens with zero attached hydrogens (tertiary/aromatic N) is 1. The van der Waals surface area contributed by atoms with Gasteiger partial charge in [0.2, 0.25) is 5.91 Å². The molecular formula is C22H25N3O3S. The van der Waals surface area contributed by atoms with Crippen LogP contribution in [0.3, 0.4) is 0 Å². The van der Waals surface area contributed by atoms with Crippen molar-refractivity contribution >= 4 is 29.2 Å². The van der Waals surface area contributed by atoms with Crippen LogP contribution in [0.2, 0.25) is 0 Å². The van der Waals surface area contributed by atoms with E-state index in [1.165, 1.54) is 5.56 Å². The highest BCUT2D eigenvalue weighted by Crippen LogP contribution is 2.42. The largest absolute Gasteiger partial charge is 0.348 e. The van der Waals surface area contributed by atoms with E-state index >= 15 is 0 Å². The molecule has 1 spiro atoms. The molecule has 4 amide bonds. The zero-order chi connectivity index (χ0) is 20.8. The standard InChI is InChI=1S/C22H25N3O3S/c1-13-6-7-16(11-14(13)2)15(3)23-19(26)12-25-20(27)22(24-21(25)28)9-4-5-18-17(22)8-10-29-18/h6-8,10-11,15H,4-5,9,12H2,1-3H3,(H,23,26)(H,24,28)/t15-,22+/m1/s1. The van der Waals surface area contributed by atoms with Gasteiger partial charge < -0.3 is 10.6 Å². The van der Waals surface area contributed by atoms with Gasteiger partial charge in [-0.3, -0.25) is 14.5 Å². The van der Waals surface area contributed by atoms with Gasteiger partial charge in [-0.2, -0.15) is 0 Å². The first-order valence-corrected chi connectivity index (χ1v) is 10.8. The van der Waals surface area contributed by atoms with Crippen LogP contribution in [0.4, 0.5) is 4.79 Å². The second-order valence-electron chi connectivity index (χ2n) is 7.97. The number of thiophene rings is 1. The Morgan fingerprint density at radius 3 is 2.83 bits per heavy atom. The van der Waals surface area contributed by atoms with Crippen LogP contribution in [-0.4, -0.2) is 29.3 Å². The SMILES string of the molecule is Cc1ccc([C@@H](C)NC(=O)CN2C(=O)N[C@]3(CCCc4sccc43)C2=O)cc1C. The number of carbonyl (C=O) groups is 3. The van der Waals surface area contributed by atoms with Crippen molar-refractivity contribution in [2.45, 2.75) is 51.6 Å². The first-order valence-electron chi connectivity index (χ1n) is 9.89. The third-order valence-electron chi connectivity index (χ3n) is 6.05. The molecule has 7 heteroatoms. The van der Waals surface area contributed by atoms with E-state index in [0.29, 0.717) is 6.42 Å². The molecule has 1 saturated heterocycles. The Morgan fingerprint density at radius 1 is 1.28 bits per heavy atom. The van der Waals surface area contributed by atoms with Crippen LogP contribution in [-0.2, 0) is 21.5 Å². The highest BCUT2D eigenvalue weighted by molar-refractivity contribution is 7.10. The van der Waals surface area contributed by atoms with E-state index < -0.39 is 11.6 Å². The highest BCUT2D eigenvalue weighted by Gasteiger charge is 2.54. The number of imide groups is 1. The van der Waals surface area contributed by atoms with Gasteiger partial charge in [0, 0.05) is 10.4 Å². The minimum atomic E-state index is -1.01. The second kappa shape index (κ2) is 7.30. The Morgan fingerprint density at radius 2 is 2.07 bits per heavy atom. The molecule has 2 aliphatic rings. The van der Waals surface area contributed by atoms with E-state index in [4.69, 9.17) is 0 Å². The van der Waals surface area contributed by atoms with Crippen molar-refractivity contribution in [1.82, 2.24) is 15.5 Å². The van der Waals surface area contributed by atoms with Crippen LogP contribution in [0.15, 0.2) is 29.6 Å². The molecule has 1 fully saturated rings. The van der Waals surface area contributed by atoms with E-state index in [-0.39, 0.29) is 24.4 Å². The number of nitrogens with one attached hydrogen (secondary N) is 2. The number of fused-ring (bicyclic) bond motifs is 2. The lowest BCUT2D eigenvalue weighted by Crippen LogP contribution is -2.47. The molecule has 0 saturated carbocycles. The molecule has 2 aromatic rings. The Labute approximate surface area is 174 Å². The normalized spacial score (nSPS) is 21.8. The van der Waals surface area contributed by atoms with Crippen LogP contribution in [0.1, 0.15) is 52.9 Å². The molecular weight excluding hydrogens is 386 g/mol. The third kappa shape index (κ3) is 3.33. The summed E-state index contributed by atoms with van der Waals surface area (Å²) < 4.78 is 0. The summed E-state index contributed by atoms with van der Waals surface area (Å²) in [5.41, 5.74) is 3.22. The predicted octanol–water partition coefficient (Wildman–Crippen LogP) is 3.33. The van der Waals surface area contributed by atoms with Gasteiger partial charge in [-0.15, -0.1) is 11.3 Å². The van der Waals surface area contributed by atoms with Crippen molar-refractivity contribution in [2.24, 2.45) is 0 Å². The molecule has 2 heterocycles. The molecule has 29 heavy (non-hydrogen) atoms. The lowest BCUT2D eigenvalue weighted by molar-refractivity contribution is -0.135. The predicted molar refractivity (Wildman–Crippen MR) is 112 cm³/mol. The summed E-state index contributed by atoms with van der Waals surface area (Å²) in [6, 6.07) is 7.26. The highest BCUT2D eigenvalue weighted by atomic mass is 32.1. The lowest BCUT2D eigenvalue weighted by atomic mass is 9.80. The fourth-order valence-corrected chi connectivity index (χ4v) is 5.23. The quantitative estimate of drug-likeness (QED) is 0.758. The van der Waals surface area contributed by atoms with E-state index in [2.05, 4.69) is 10.6 Å². The first kappa shape index (κ1) is 19.6. The van der Waals surface area contributed by atoms with E-state index in [1.807, 2.05) is 50.4 Å². The van der Waals surface area contributed by atoms with Crippen molar-refractivity contribution in [3.05, 3.63) is 56.8 Å². The van der Waals surface area contributed by atoms with Gasteiger partial charge in [0.05, 0.1) is 6.04 Å². The van der Waals surface area contributed by atoms with Crippen LogP contribution in [0.25, 0.3) is 0 Å². The Kier molecular flexibility index (Phi) is 4.94. The fourth-order valence-electron chi connectivity index (χ4n) is 4.23. The molecule has 1 aromatic heterocycles. The monoisotopic (exact) mass is 411 g/mol. The van der Waals surface area contributed by atoms with E-state index in [9.17, 15) is 14.4 Å². The molecule has 152 valence electrons. The van der Waals surface area contributed by atoms with Gasteiger partial charge in [0.1, 0.15) is 12.1 Å². The average molecular weight is 412 g/mol. The summed E-state index contributed by atoms with van der Waals surface area (Å²) in [6.07, 6.45) is 2.33. The molecule has 6 nitrogen and oxygen atoms in total. The maximum atomic E-state index is 13.2. The smallest absolute Gasteiger partial charge is 0.325 e. The number of benzene rings is 1. The zero-order valence-electron chi connectivity index (χ0n) is 16.9. The number of amides is 4. The summed E-state index contributed by atoms with van der Waals surface area (Å²) in [5.74, 6) is -0.673. The fraction of sp³-hybridized carbons (Fsp3) is 0.409. The number of rotatable bonds is 4. The molecule has 0 unspecified atom stereocenters. The number of urea groups is 1. The summed E-state index contributed by atoms with van der Waals surface area (Å²) >= 11 is 1.61. The summed E-state index contributed by atoms with van der Waals surface area (Å²) in [6.45, 7) is 5.69. The number of carbonyl (C=O) groups excluding carboxylic acids is 3. The van der Waals surface area contributed by atoms with Crippen LogP contribution in [0.5, 0.6) is 0 Å². The maximum Gasteiger partial charge on any atom is 0.325 e. The van der Waals surface area contributed by atoms with E-state index in [0.717, 1.165) is 39.3 Å². The molecule has 2 N–H and O–H groups in total. The van der Waals surface area contributed by atoms with Crippen molar-refractivity contribution in [3.8, 4) is 0 Å². The van der Waals surface area contributed by atoms with Gasteiger partial charge in [-0.25, -0.2) is 4.79 Å². The van der Waals surface area contributed by atoms with Crippen LogP contribution >= 0.6 is 11.3 Å². The Hall–Kier alpha value is -2.67. The first-order chi connectivity index (χ1) is 13.8. The van der Waals surface area contributed by atoms with Crippen LogP contribution in [0, 0.1) is 13.8 Å². The van der Waals surface area contributed by atoms with Gasteiger partial charge >= 0.3 is 6.03 Å². The van der Waals surface area contributed by atoms with Gasteiger partial charge in [0.15, 0.2) is 0 Å². The molecule has 1 aliphatic heterocycles. The zero-order valence-corrected chi connectivity index (χ0v) is 17.7. The Balaban J connectivity index is 1.47. The summed E-state index contributed by atoms with van der Waals surface area (Å²) in [5, 5.41) is 7.74. The molecule has 1 aromatic carbocycles. The number of hydrogen-bond donors (Lipinski definition) is 2. The summed E-state index contributed by atoms with van der Waals surface area (Å²) in [4.78, 5) is 40.6. The molecule has 0 radical (unpaired) electrons. The van der Waals surface area contributed by atoms with Gasteiger partial charge in [-0.1, -0.05) is 18.2 Å². The maximum absolute atomic E-state index is 13.2. The minimum absolute atomic E-state index is 0.213. The van der Waals surface area contributed by atoms with Gasteiger partial charge in [0.25, 0.3) is 5.91 Å². The number of hydrogen-bond acceptors (Lipinski definition) is 4. The average Bonchev–Trinajstić information content (AvgIpc) is 3.25. The number of aryl methyl sites for hydroxylation is 3. The van der Waals surface area contributed by atoms with Crippen molar-refractivity contribution in [1.29, 1.82) is 0 Å². The van der Waals surface area contributed by atoms with Crippen molar-refractivity contribution < 1.29 is 14.4 Å². The minimum Gasteiger partial charge on any atom is -0.348 e.